The molecule has 2 aromatic carbocycles. The number of amides is 1. The average molecular weight is 425 g/mol. The molecule has 3 aromatic rings. The van der Waals surface area contributed by atoms with Crippen molar-refractivity contribution >= 4 is 5.91 Å². The summed E-state index contributed by atoms with van der Waals surface area (Å²) in [6, 6.07) is 19.2. The Bertz CT molecular complexity index is 1220. The van der Waals surface area contributed by atoms with Crippen molar-refractivity contribution in [1.82, 2.24) is 9.47 Å². The molecule has 0 radical (unpaired) electrons. The molecule has 0 unspecified atom stereocenters. The van der Waals surface area contributed by atoms with Crippen LogP contribution in [0.4, 0.5) is 0 Å². The molecule has 0 atom stereocenters. The number of carbonyl (C=O) groups excluding carboxylic acids is 1. The first-order valence-corrected chi connectivity index (χ1v) is 10.6. The summed E-state index contributed by atoms with van der Waals surface area (Å²) in [6.45, 7) is 6.78. The molecule has 1 fully saturated rings. The van der Waals surface area contributed by atoms with Crippen molar-refractivity contribution in [3.8, 4) is 23.3 Å². The quantitative estimate of drug-likeness (QED) is 0.633. The number of morpholine rings is 1. The third-order valence-corrected chi connectivity index (χ3v) is 5.99. The Morgan fingerprint density at radius 1 is 0.938 bits per heavy atom. The van der Waals surface area contributed by atoms with Crippen LogP contribution in [-0.2, 0) is 11.3 Å². The minimum Gasteiger partial charge on any atom is -0.378 e. The molecule has 1 aliphatic heterocycles. The molecule has 1 amide bonds. The van der Waals surface area contributed by atoms with Crippen molar-refractivity contribution in [3.05, 3.63) is 82.2 Å². The van der Waals surface area contributed by atoms with E-state index in [0.717, 1.165) is 27.9 Å². The number of rotatable bonds is 4. The van der Waals surface area contributed by atoms with E-state index in [1.807, 2.05) is 43.0 Å². The molecule has 0 aliphatic carbocycles. The lowest BCUT2D eigenvalue weighted by molar-refractivity contribution is 0.0295. The summed E-state index contributed by atoms with van der Waals surface area (Å²) in [6.07, 6.45) is 0. The molecule has 6 heteroatoms. The fourth-order valence-corrected chi connectivity index (χ4v) is 4.29. The van der Waals surface area contributed by atoms with Gasteiger partial charge in [0.1, 0.15) is 5.69 Å². The topological polar surface area (TPSA) is 82.0 Å². The van der Waals surface area contributed by atoms with Crippen LogP contribution in [0.3, 0.4) is 0 Å². The van der Waals surface area contributed by atoms with Gasteiger partial charge in [0.2, 0.25) is 0 Å². The van der Waals surface area contributed by atoms with Crippen LogP contribution in [0.1, 0.15) is 38.4 Å². The molecular formula is C26H24N4O2. The standard InChI is InChI=1S/C26H24N4O2/c1-18-24(23-9-7-21(16-28)8-10-23)19(2)30(17-22-5-3-20(15-27)4-6-22)25(18)26(31)29-11-13-32-14-12-29/h3-10H,11-14,17H2,1-2H3. The zero-order valence-corrected chi connectivity index (χ0v) is 18.3. The highest BCUT2D eigenvalue weighted by Crippen LogP contribution is 2.33. The largest absolute Gasteiger partial charge is 0.378 e. The number of nitrogens with zero attached hydrogens (tertiary/aromatic N) is 4. The van der Waals surface area contributed by atoms with Gasteiger partial charge in [-0.05, 0) is 54.8 Å². The van der Waals surface area contributed by atoms with E-state index in [4.69, 9.17) is 15.3 Å². The van der Waals surface area contributed by atoms with Crippen LogP contribution < -0.4 is 0 Å². The number of carbonyl (C=O) groups is 1. The predicted octanol–water partition coefficient (Wildman–Crippen LogP) is 4.04. The Hall–Kier alpha value is -3.87. The number of nitriles is 2. The van der Waals surface area contributed by atoms with Crippen molar-refractivity contribution in [2.75, 3.05) is 26.3 Å². The summed E-state index contributed by atoms with van der Waals surface area (Å²) in [7, 11) is 0. The summed E-state index contributed by atoms with van der Waals surface area (Å²) in [4.78, 5) is 15.4. The summed E-state index contributed by atoms with van der Waals surface area (Å²) in [5.41, 5.74) is 6.82. The second kappa shape index (κ2) is 9.09. The van der Waals surface area contributed by atoms with E-state index in [0.29, 0.717) is 49.7 Å². The molecule has 1 aromatic heterocycles. The van der Waals surface area contributed by atoms with Gasteiger partial charge in [-0.3, -0.25) is 4.79 Å². The van der Waals surface area contributed by atoms with Crippen molar-refractivity contribution < 1.29 is 9.53 Å². The molecule has 0 saturated carbocycles. The van der Waals surface area contributed by atoms with E-state index in [2.05, 4.69) is 16.7 Å². The third-order valence-electron chi connectivity index (χ3n) is 5.99. The summed E-state index contributed by atoms with van der Waals surface area (Å²) in [5.74, 6) is 0.00226. The number of hydrogen-bond acceptors (Lipinski definition) is 4. The van der Waals surface area contributed by atoms with Crippen LogP contribution in [0.5, 0.6) is 0 Å². The average Bonchev–Trinajstić information content (AvgIpc) is 3.08. The number of ether oxygens (including phenoxy) is 1. The van der Waals surface area contributed by atoms with E-state index in [1.165, 1.54) is 0 Å². The Balaban J connectivity index is 1.82. The maximum Gasteiger partial charge on any atom is 0.270 e. The molecule has 2 heterocycles. The third kappa shape index (κ3) is 4.01. The maximum absolute atomic E-state index is 13.6. The summed E-state index contributed by atoms with van der Waals surface area (Å²) >= 11 is 0. The van der Waals surface area contributed by atoms with Crippen LogP contribution in [0.25, 0.3) is 11.1 Å². The first-order valence-electron chi connectivity index (χ1n) is 10.6. The Morgan fingerprint density at radius 2 is 1.50 bits per heavy atom. The zero-order valence-electron chi connectivity index (χ0n) is 18.3. The van der Waals surface area contributed by atoms with Crippen molar-refractivity contribution in [2.45, 2.75) is 20.4 Å². The van der Waals surface area contributed by atoms with Gasteiger partial charge < -0.3 is 14.2 Å². The summed E-state index contributed by atoms with van der Waals surface area (Å²) in [5, 5.41) is 18.2. The van der Waals surface area contributed by atoms with E-state index in [1.54, 1.807) is 24.3 Å². The molecule has 1 saturated heterocycles. The van der Waals surface area contributed by atoms with Gasteiger partial charge in [-0.15, -0.1) is 0 Å². The lowest BCUT2D eigenvalue weighted by Crippen LogP contribution is -2.41. The Kier molecular flexibility index (Phi) is 6.07. The van der Waals surface area contributed by atoms with Crippen molar-refractivity contribution in [2.24, 2.45) is 0 Å². The molecule has 1 aliphatic rings. The van der Waals surface area contributed by atoms with Crippen molar-refractivity contribution in [3.63, 3.8) is 0 Å². The molecule has 0 spiro atoms. The van der Waals surface area contributed by atoms with Gasteiger partial charge in [0.15, 0.2) is 0 Å². The Labute approximate surface area is 187 Å². The maximum atomic E-state index is 13.6. The van der Waals surface area contributed by atoms with Gasteiger partial charge in [0.25, 0.3) is 5.91 Å². The van der Waals surface area contributed by atoms with Gasteiger partial charge >= 0.3 is 0 Å². The number of hydrogen-bond donors (Lipinski definition) is 0. The first kappa shape index (κ1) is 21.4. The van der Waals surface area contributed by atoms with Crippen LogP contribution in [0.15, 0.2) is 48.5 Å². The van der Waals surface area contributed by atoms with Gasteiger partial charge in [0.05, 0.1) is 36.5 Å². The molecule has 6 nitrogen and oxygen atoms in total. The van der Waals surface area contributed by atoms with Crippen LogP contribution in [-0.4, -0.2) is 41.7 Å². The minimum atomic E-state index is 0.00226. The van der Waals surface area contributed by atoms with E-state index < -0.39 is 0 Å². The SMILES string of the molecule is Cc1c(-c2ccc(C#N)cc2)c(C)n(Cc2ccc(C#N)cc2)c1C(=O)N1CCOCC1. The molecule has 0 bridgehead atoms. The lowest BCUT2D eigenvalue weighted by atomic mass is 10.00. The fraction of sp³-hybridized carbons (Fsp3) is 0.269. The Morgan fingerprint density at radius 3 is 2.06 bits per heavy atom. The van der Waals surface area contributed by atoms with E-state index >= 15 is 0 Å². The van der Waals surface area contributed by atoms with Gasteiger partial charge in [-0.25, -0.2) is 0 Å². The summed E-state index contributed by atoms with van der Waals surface area (Å²) < 4.78 is 7.50. The zero-order chi connectivity index (χ0) is 22.7. The fourth-order valence-electron chi connectivity index (χ4n) is 4.29. The second-order valence-corrected chi connectivity index (χ2v) is 7.92. The van der Waals surface area contributed by atoms with E-state index in [-0.39, 0.29) is 5.91 Å². The monoisotopic (exact) mass is 424 g/mol. The predicted molar refractivity (Wildman–Crippen MR) is 121 cm³/mol. The van der Waals surface area contributed by atoms with Gasteiger partial charge in [0, 0.05) is 30.9 Å². The molecule has 4 rings (SSSR count). The molecule has 32 heavy (non-hydrogen) atoms. The molecule has 0 N–H and O–H groups in total. The lowest BCUT2D eigenvalue weighted by Gasteiger charge is -2.27. The van der Waals surface area contributed by atoms with Crippen LogP contribution in [0, 0.1) is 36.5 Å². The smallest absolute Gasteiger partial charge is 0.270 e. The van der Waals surface area contributed by atoms with E-state index in [9.17, 15) is 4.79 Å². The highest BCUT2D eigenvalue weighted by molar-refractivity contribution is 5.97. The van der Waals surface area contributed by atoms with Gasteiger partial charge in [-0.1, -0.05) is 24.3 Å². The second-order valence-electron chi connectivity index (χ2n) is 7.92. The van der Waals surface area contributed by atoms with Crippen LogP contribution >= 0.6 is 0 Å². The highest BCUT2D eigenvalue weighted by atomic mass is 16.5. The van der Waals surface area contributed by atoms with Crippen LogP contribution in [0.2, 0.25) is 0 Å². The molecular weight excluding hydrogens is 400 g/mol. The number of benzene rings is 2. The molecule has 160 valence electrons. The minimum absolute atomic E-state index is 0.00226. The van der Waals surface area contributed by atoms with Gasteiger partial charge in [-0.2, -0.15) is 10.5 Å². The van der Waals surface area contributed by atoms with Crippen molar-refractivity contribution in [1.29, 1.82) is 10.5 Å². The normalized spacial score (nSPS) is 13.4. The first-order chi connectivity index (χ1) is 15.5. The highest BCUT2D eigenvalue weighted by Gasteiger charge is 2.28. The number of aromatic nitrogens is 1.